The van der Waals surface area contributed by atoms with Crippen molar-refractivity contribution in [1.29, 1.82) is 0 Å². The number of hydrogen-bond acceptors (Lipinski definition) is 4. The van der Waals surface area contributed by atoms with Gasteiger partial charge in [-0.25, -0.2) is 0 Å². The smallest absolute Gasteiger partial charge is 0.283 e. The van der Waals surface area contributed by atoms with Crippen LogP contribution in [-0.4, -0.2) is 29.3 Å². The van der Waals surface area contributed by atoms with Gasteiger partial charge in [-0.15, -0.1) is 0 Å². The van der Waals surface area contributed by atoms with Crippen molar-refractivity contribution >= 4 is 27.5 Å². The molecule has 0 spiro atoms. The second kappa shape index (κ2) is 7.92. The first-order valence-corrected chi connectivity index (χ1v) is 8.12. The molecule has 0 aliphatic rings. The van der Waals surface area contributed by atoms with Crippen LogP contribution in [0.5, 0.6) is 5.75 Å². The lowest BCUT2D eigenvalue weighted by atomic mass is 10.2. The van der Waals surface area contributed by atoms with Crippen molar-refractivity contribution < 1.29 is 14.5 Å². The Hall–Kier alpha value is -2.41. The Morgan fingerprint density at radius 2 is 2.04 bits per heavy atom. The molecule has 0 fully saturated rings. The van der Waals surface area contributed by atoms with Crippen LogP contribution in [-0.2, 0) is 6.61 Å². The monoisotopic (exact) mass is 392 g/mol. The van der Waals surface area contributed by atoms with Crippen LogP contribution in [0, 0.1) is 10.1 Å². The molecular formula is C17H17BrN2O4. The van der Waals surface area contributed by atoms with Crippen LogP contribution in [0.15, 0.2) is 46.9 Å². The summed E-state index contributed by atoms with van der Waals surface area (Å²) < 4.78 is 6.08. The average molecular weight is 393 g/mol. The lowest BCUT2D eigenvalue weighted by Crippen LogP contribution is -2.26. The molecule has 2 aromatic carbocycles. The number of halogens is 1. The highest BCUT2D eigenvalue weighted by Gasteiger charge is 2.13. The Kier molecular flexibility index (Phi) is 5.92. The fraction of sp³-hybridized carbons (Fsp3) is 0.235. The number of amides is 1. The van der Waals surface area contributed by atoms with Crippen LogP contribution >= 0.6 is 15.9 Å². The van der Waals surface area contributed by atoms with E-state index in [1.165, 1.54) is 6.07 Å². The van der Waals surface area contributed by atoms with E-state index in [1.807, 2.05) is 6.92 Å². The first-order chi connectivity index (χ1) is 11.4. The van der Waals surface area contributed by atoms with E-state index in [0.717, 1.165) is 0 Å². The first kappa shape index (κ1) is 17.9. The van der Waals surface area contributed by atoms with Crippen molar-refractivity contribution in [3.05, 3.63) is 68.2 Å². The summed E-state index contributed by atoms with van der Waals surface area (Å²) in [5.74, 6) is 0.457. The Balaban J connectivity index is 2.11. The number of rotatable bonds is 6. The van der Waals surface area contributed by atoms with E-state index in [1.54, 1.807) is 48.3 Å². The average Bonchev–Trinajstić information content (AvgIpc) is 2.59. The summed E-state index contributed by atoms with van der Waals surface area (Å²) in [7, 11) is 1.73. The number of carbonyl (C=O) groups excluding carboxylic acids is 1. The molecule has 0 heterocycles. The number of nitro benzene ring substituents is 1. The third-order valence-electron chi connectivity index (χ3n) is 3.51. The van der Waals surface area contributed by atoms with Gasteiger partial charge in [0.15, 0.2) is 0 Å². The lowest BCUT2D eigenvalue weighted by Gasteiger charge is -2.15. The van der Waals surface area contributed by atoms with E-state index in [2.05, 4.69) is 15.9 Å². The van der Waals surface area contributed by atoms with Gasteiger partial charge in [-0.1, -0.05) is 12.1 Å². The minimum atomic E-state index is -0.451. The Labute approximate surface area is 148 Å². The predicted octanol–water partition coefficient (Wildman–Crippen LogP) is 4.03. The second-order valence-corrected chi connectivity index (χ2v) is 6.03. The van der Waals surface area contributed by atoms with Gasteiger partial charge in [-0.05, 0) is 52.7 Å². The summed E-state index contributed by atoms with van der Waals surface area (Å²) >= 11 is 3.15. The van der Waals surface area contributed by atoms with Gasteiger partial charge in [0, 0.05) is 25.2 Å². The molecular weight excluding hydrogens is 376 g/mol. The molecule has 0 aliphatic carbocycles. The summed E-state index contributed by atoms with van der Waals surface area (Å²) in [6.07, 6.45) is 0. The van der Waals surface area contributed by atoms with Crippen LogP contribution < -0.4 is 4.74 Å². The molecule has 6 nitrogen and oxygen atoms in total. The molecule has 2 aromatic rings. The topological polar surface area (TPSA) is 72.7 Å². The van der Waals surface area contributed by atoms with Crippen molar-refractivity contribution in [3.63, 3.8) is 0 Å². The summed E-state index contributed by atoms with van der Waals surface area (Å²) in [6, 6.07) is 11.7. The van der Waals surface area contributed by atoms with Gasteiger partial charge in [0.05, 0.1) is 9.40 Å². The normalized spacial score (nSPS) is 10.3. The van der Waals surface area contributed by atoms with Crippen LogP contribution in [0.25, 0.3) is 0 Å². The molecule has 1 amide bonds. The Morgan fingerprint density at radius 1 is 1.29 bits per heavy atom. The number of nitro groups is 1. The fourth-order valence-electron chi connectivity index (χ4n) is 2.04. The zero-order valence-electron chi connectivity index (χ0n) is 13.4. The fourth-order valence-corrected chi connectivity index (χ4v) is 2.43. The zero-order chi connectivity index (χ0) is 17.7. The maximum Gasteiger partial charge on any atom is 0.283 e. The van der Waals surface area contributed by atoms with Crippen molar-refractivity contribution in [1.82, 2.24) is 4.90 Å². The summed E-state index contributed by atoms with van der Waals surface area (Å²) in [5, 5.41) is 11.0. The van der Waals surface area contributed by atoms with Crippen molar-refractivity contribution in [3.8, 4) is 5.75 Å². The van der Waals surface area contributed by atoms with Crippen molar-refractivity contribution in [2.75, 3.05) is 13.6 Å². The highest BCUT2D eigenvalue weighted by atomic mass is 79.9. The molecule has 126 valence electrons. The van der Waals surface area contributed by atoms with Gasteiger partial charge < -0.3 is 9.64 Å². The maximum absolute atomic E-state index is 12.1. The Morgan fingerprint density at radius 3 is 2.71 bits per heavy atom. The summed E-state index contributed by atoms with van der Waals surface area (Å²) in [5.41, 5.74) is 1.20. The molecule has 0 aromatic heterocycles. The van der Waals surface area contributed by atoms with Crippen LogP contribution in [0.2, 0.25) is 0 Å². The van der Waals surface area contributed by atoms with Crippen LogP contribution in [0.4, 0.5) is 5.69 Å². The highest BCUT2D eigenvalue weighted by Crippen LogP contribution is 2.26. The number of benzene rings is 2. The van der Waals surface area contributed by atoms with E-state index in [4.69, 9.17) is 4.74 Å². The Bertz CT molecular complexity index is 764. The number of carbonyl (C=O) groups is 1. The second-order valence-electron chi connectivity index (χ2n) is 5.18. The summed E-state index contributed by atoms with van der Waals surface area (Å²) in [6.45, 7) is 2.69. The molecule has 0 aliphatic heterocycles. The van der Waals surface area contributed by atoms with E-state index < -0.39 is 4.92 Å². The molecule has 0 unspecified atom stereocenters. The third kappa shape index (κ3) is 4.32. The molecule has 2 rings (SSSR count). The lowest BCUT2D eigenvalue weighted by molar-refractivity contribution is -0.385. The number of hydrogen-bond donors (Lipinski definition) is 0. The van der Waals surface area contributed by atoms with Gasteiger partial charge in [-0.3, -0.25) is 14.9 Å². The quantitative estimate of drug-likeness (QED) is 0.549. The molecule has 0 saturated heterocycles. The minimum absolute atomic E-state index is 0.00963. The van der Waals surface area contributed by atoms with Gasteiger partial charge in [0.25, 0.3) is 11.6 Å². The van der Waals surface area contributed by atoms with Gasteiger partial charge in [0.2, 0.25) is 0 Å². The zero-order valence-corrected chi connectivity index (χ0v) is 14.9. The minimum Gasteiger partial charge on any atom is -0.489 e. The van der Waals surface area contributed by atoms with Crippen LogP contribution in [0.3, 0.4) is 0 Å². The molecule has 24 heavy (non-hydrogen) atoms. The van der Waals surface area contributed by atoms with Crippen LogP contribution in [0.1, 0.15) is 22.8 Å². The third-order valence-corrected chi connectivity index (χ3v) is 4.19. The number of nitrogens with zero attached hydrogens (tertiary/aromatic N) is 2. The van der Waals surface area contributed by atoms with E-state index in [-0.39, 0.29) is 18.2 Å². The van der Waals surface area contributed by atoms with Crippen molar-refractivity contribution in [2.45, 2.75) is 13.5 Å². The molecule has 0 atom stereocenters. The number of ether oxygens (including phenoxy) is 1. The van der Waals surface area contributed by atoms with E-state index in [0.29, 0.717) is 27.9 Å². The molecule has 0 saturated carbocycles. The molecule has 0 N–H and O–H groups in total. The van der Waals surface area contributed by atoms with Gasteiger partial charge >= 0.3 is 0 Å². The summed E-state index contributed by atoms with van der Waals surface area (Å²) in [4.78, 5) is 24.3. The van der Waals surface area contributed by atoms with Crippen molar-refractivity contribution in [2.24, 2.45) is 0 Å². The largest absolute Gasteiger partial charge is 0.489 e. The molecule has 0 radical (unpaired) electrons. The standard InChI is InChI=1S/C17H17BrN2O4/c1-3-19(2)17(21)13-5-4-6-14(10-13)24-11-12-7-8-15(18)16(9-12)20(22)23/h4-10H,3,11H2,1-2H3. The first-order valence-electron chi connectivity index (χ1n) is 7.33. The van der Waals surface area contributed by atoms with E-state index >= 15 is 0 Å². The predicted molar refractivity (Wildman–Crippen MR) is 94.2 cm³/mol. The van der Waals surface area contributed by atoms with E-state index in [9.17, 15) is 14.9 Å². The van der Waals surface area contributed by atoms with Gasteiger partial charge in [0.1, 0.15) is 12.4 Å². The molecule has 7 heteroatoms. The molecule has 0 bridgehead atoms. The van der Waals surface area contributed by atoms with Gasteiger partial charge in [-0.2, -0.15) is 0 Å². The highest BCUT2D eigenvalue weighted by molar-refractivity contribution is 9.10. The maximum atomic E-state index is 12.1. The SMILES string of the molecule is CCN(C)C(=O)c1cccc(OCc2ccc(Br)c([N+](=O)[O-])c2)c1.